The number of halogens is 1. The minimum Gasteiger partial charge on any atom is -0.497 e. The largest absolute Gasteiger partial charge is 0.497 e. The van der Waals surface area contributed by atoms with Crippen LogP contribution in [0.4, 0.5) is 0 Å². The number of benzene rings is 1. The number of likely N-dealkylation sites (tertiary alicyclic amines) is 1. The van der Waals surface area contributed by atoms with Gasteiger partial charge in [0.05, 0.1) is 13.7 Å². The van der Waals surface area contributed by atoms with Gasteiger partial charge in [0.15, 0.2) is 0 Å². The number of carboxylic acid groups (broad SMARTS) is 1. The van der Waals surface area contributed by atoms with Crippen molar-refractivity contribution >= 4 is 18.4 Å². The first-order chi connectivity index (χ1) is 11.6. The van der Waals surface area contributed by atoms with Crippen molar-refractivity contribution in [1.29, 1.82) is 0 Å². The summed E-state index contributed by atoms with van der Waals surface area (Å²) in [4.78, 5) is 15.2. The molecule has 1 fully saturated rings. The van der Waals surface area contributed by atoms with Gasteiger partial charge in [-0.25, -0.2) is 0 Å². The van der Waals surface area contributed by atoms with E-state index in [2.05, 4.69) is 4.90 Å². The van der Waals surface area contributed by atoms with Crippen molar-refractivity contribution in [3.05, 3.63) is 24.3 Å². The number of nitrogens with zero attached hydrogens (tertiary/aromatic N) is 2. The van der Waals surface area contributed by atoms with Crippen molar-refractivity contribution < 1.29 is 19.4 Å². The molecule has 1 N–H and O–H groups in total. The predicted octanol–water partition coefficient (Wildman–Crippen LogP) is 2.37. The second-order valence-corrected chi connectivity index (χ2v) is 6.26. The second kappa shape index (κ2) is 11.2. The van der Waals surface area contributed by atoms with Crippen molar-refractivity contribution in [2.75, 3.05) is 46.9 Å². The predicted molar refractivity (Wildman–Crippen MR) is 100 cm³/mol. The molecule has 1 aliphatic heterocycles. The monoisotopic (exact) mass is 372 g/mol. The highest BCUT2D eigenvalue weighted by atomic mass is 35.5. The van der Waals surface area contributed by atoms with E-state index in [1.807, 2.05) is 36.2 Å². The molecular weight excluding hydrogens is 344 g/mol. The van der Waals surface area contributed by atoms with E-state index in [1.54, 1.807) is 7.11 Å². The van der Waals surface area contributed by atoms with E-state index in [4.69, 9.17) is 14.6 Å². The van der Waals surface area contributed by atoms with Gasteiger partial charge in [-0.15, -0.1) is 12.4 Å². The zero-order valence-electron chi connectivity index (χ0n) is 15.0. The summed E-state index contributed by atoms with van der Waals surface area (Å²) in [5, 5.41) is 8.92. The van der Waals surface area contributed by atoms with Crippen LogP contribution in [0.2, 0.25) is 0 Å². The van der Waals surface area contributed by atoms with Gasteiger partial charge in [0.2, 0.25) is 0 Å². The molecule has 0 aromatic heterocycles. The fourth-order valence-corrected chi connectivity index (χ4v) is 3.11. The number of rotatable bonds is 8. The quantitative estimate of drug-likeness (QED) is 0.755. The Kier molecular flexibility index (Phi) is 9.63. The molecule has 0 amide bonds. The summed E-state index contributed by atoms with van der Waals surface area (Å²) in [5.74, 6) is 0.919. The Balaban J connectivity index is 0.00000312. The Labute approximate surface area is 156 Å². The fraction of sp³-hybridized carbons (Fsp3) is 0.611. The zero-order valence-corrected chi connectivity index (χ0v) is 15.8. The van der Waals surface area contributed by atoms with Crippen LogP contribution in [0.25, 0.3) is 0 Å². The van der Waals surface area contributed by atoms with Crippen molar-refractivity contribution in [2.24, 2.45) is 0 Å². The van der Waals surface area contributed by atoms with Gasteiger partial charge in [0.1, 0.15) is 18.1 Å². The van der Waals surface area contributed by atoms with E-state index < -0.39 is 5.97 Å². The molecule has 6 nitrogen and oxygen atoms in total. The molecule has 0 aliphatic carbocycles. The maximum absolute atomic E-state index is 10.8. The van der Waals surface area contributed by atoms with Gasteiger partial charge in [-0.1, -0.05) is 0 Å². The summed E-state index contributed by atoms with van der Waals surface area (Å²) in [6.45, 7) is 3.69. The molecular formula is C18H29ClN2O4. The van der Waals surface area contributed by atoms with E-state index in [0.717, 1.165) is 50.4 Å². The molecule has 7 heteroatoms. The van der Waals surface area contributed by atoms with Gasteiger partial charge in [0, 0.05) is 12.6 Å². The molecule has 1 aliphatic rings. The number of ether oxygens (including phenoxy) is 2. The van der Waals surface area contributed by atoms with Gasteiger partial charge < -0.3 is 14.6 Å². The number of aliphatic carboxylic acids is 1. The van der Waals surface area contributed by atoms with E-state index in [-0.39, 0.29) is 19.0 Å². The molecule has 0 spiro atoms. The molecule has 1 unspecified atom stereocenters. The second-order valence-electron chi connectivity index (χ2n) is 6.26. The average Bonchev–Trinajstić information content (AvgIpc) is 2.81. The number of hydrogen-bond donors (Lipinski definition) is 1. The minimum atomic E-state index is -0.758. The van der Waals surface area contributed by atoms with Gasteiger partial charge in [-0.2, -0.15) is 0 Å². The molecule has 1 aromatic rings. The topological polar surface area (TPSA) is 62.2 Å². The molecule has 1 aromatic carbocycles. The maximum atomic E-state index is 10.8. The summed E-state index contributed by atoms with van der Waals surface area (Å²) in [7, 11) is 3.55. The van der Waals surface area contributed by atoms with Crippen LogP contribution < -0.4 is 9.47 Å². The Morgan fingerprint density at radius 3 is 2.56 bits per heavy atom. The lowest BCUT2D eigenvalue weighted by Gasteiger charge is -2.25. The first-order valence-corrected chi connectivity index (χ1v) is 8.49. The van der Waals surface area contributed by atoms with Crippen molar-refractivity contribution in [3.63, 3.8) is 0 Å². The Hall–Kier alpha value is -1.50. The Bertz CT molecular complexity index is 512. The van der Waals surface area contributed by atoms with Crippen molar-refractivity contribution in [3.8, 4) is 11.5 Å². The van der Waals surface area contributed by atoms with Crippen molar-refractivity contribution in [2.45, 2.75) is 25.3 Å². The summed E-state index contributed by atoms with van der Waals surface area (Å²) in [6.07, 6.45) is 3.16. The third kappa shape index (κ3) is 7.50. The Morgan fingerprint density at radius 2 is 1.92 bits per heavy atom. The minimum absolute atomic E-state index is 0. The van der Waals surface area contributed by atoms with Crippen LogP contribution in [-0.4, -0.2) is 73.9 Å². The number of likely N-dealkylation sites (N-methyl/N-ethyl adjacent to an activating group) is 1. The van der Waals surface area contributed by atoms with Gasteiger partial charge in [-0.05, 0) is 63.7 Å². The summed E-state index contributed by atoms with van der Waals surface area (Å²) in [6, 6.07) is 7.97. The normalized spacial score (nSPS) is 18.3. The first-order valence-electron chi connectivity index (χ1n) is 8.49. The van der Waals surface area contributed by atoms with Crippen LogP contribution in [0, 0.1) is 0 Å². The van der Waals surface area contributed by atoms with Crippen LogP contribution in [0.3, 0.4) is 0 Å². The lowest BCUT2D eigenvalue weighted by molar-refractivity contribution is -0.138. The third-order valence-corrected chi connectivity index (χ3v) is 4.53. The highest BCUT2D eigenvalue weighted by Crippen LogP contribution is 2.18. The number of methoxy groups -OCH3 is 1. The first kappa shape index (κ1) is 21.5. The highest BCUT2D eigenvalue weighted by molar-refractivity contribution is 5.85. The highest BCUT2D eigenvalue weighted by Gasteiger charge is 2.21. The SMILES string of the molecule is COc1ccc(OCCN2CCCC(N(C)CC(=O)O)CC2)cc1.Cl. The number of carboxylic acids is 1. The molecule has 0 bridgehead atoms. The zero-order chi connectivity index (χ0) is 17.4. The summed E-state index contributed by atoms with van der Waals surface area (Å²) >= 11 is 0. The molecule has 25 heavy (non-hydrogen) atoms. The molecule has 1 saturated heterocycles. The fourth-order valence-electron chi connectivity index (χ4n) is 3.11. The number of hydrogen-bond acceptors (Lipinski definition) is 5. The standard InChI is InChI=1S/C18H28N2O4.ClH/c1-19(14-18(21)22)15-4-3-10-20(11-9-15)12-13-24-17-7-5-16(23-2)6-8-17;/h5-8,15H,3-4,9-14H2,1-2H3,(H,21,22);1H. The molecule has 1 atom stereocenters. The average molecular weight is 373 g/mol. The lowest BCUT2D eigenvalue weighted by Crippen LogP contribution is -2.37. The summed E-state index contributed by atoms with van der Waals surface area (Å²) < 4.78 is 10.9. The Morgan fingerprint density at radius 1 is 1.24 bits per heavy atom. The smallest absolute Gasteiger partial charge is 0.317 e. The summed E-state index contributed by atoms with van der Waals surface area (Å²) in [5.41, 5.74) is 0. The van der Waals surface area contributed by atoms with Crippen LogP contribution in [0.1, 0.15) is 19.3 Å². The van der Waals surface area contributed by atoms with E-state index in [0.29, 0.717) is 12.6 Å². The van der Waals surface area contributed by atoms with Crippen LogP contribution >= 0.6 is 12.4 Å². The molecule has 1 heterocycles. The van der Waals surface area contributed by atoms with Crippen LogP contribution in [0.15, 0.2) is 24.3 Å². The maximum Gasteiger partial charge on any atom is 0.317 e. The van der Waals surface area contributed by atoms with Crippen LogP contribution in [0.5, 0.6) is 11.5 Å². The number of carbonyl (C=O) groups is 1. The van der Waals surface area contributed by atoms with Gasteiger partial charge in [-0.3, -0.25) is 14.6 Å². The van der Waals surface area contributed by atoms with E-state index in [1.165, 1.54) is 0 Å². The van der Waals surface area contributed by atoms with E-state index >= 15 is 0 Å². The van der Waals surface area contributed by atoms with Crippen molar-refractivity contribution in [1.82, 2.24) is 9.80 Å². The molecule has 2 rings (SSSR count). The molecule has 142 valence electrons. The third-order valence-electron chi connectivity index (χ3n) is 4.53. The van der Waals surface area contributed by atoms with Crippen LogP contribution in [-0.2, 0) is 4.79 Å². The molecule has 0 saturated carbocycles. The van der Waals surface area contributed by atoms with E-state index in [9.17, 15) is 4.79 Å². The molecule has 0 radical (unpaired) electrons. The van der Waals surface area contributed by atoms with Gasteiger partial charge >= 0.3 is 5.97 Å². The van der Waals surface area contributed by atoms with Gasteiger partial charge in [0.25, 0.3) is 0 Å². The lowest BCUT2D eigenvalue weighted by atomic mass is 10.1.